The minimum atomic E-state index is -3.99. The normalized spacial score (nSPS) is 13.4. The first-order valence-electron chi connectivity index (χ1n) is 14.0. The molecular weight excluding hydrogens is 606 g/mol. The molecule has 1 heterocycles. The van der Waals surface area contributed by atoms with Gasteiger partial charge in [-0.25, -0.2) is 13.2 Å². The van der Waals surface area contributed by atoms with Gasteiger partial charge in [0.05, 0.1) is 16.6 Å². The summed E-state index contributed by atoms with van der Waals surface area (Å²) in [5.74, 6) is -4.08. The average molecular weight is 644 g/mol. The molecule has 0 spiro atoms. The van der Waals surface area contributed by atoms with Gasteiger partial charge in [0.15, 0.2) is 5.78 Å². The summed E-state index contributed by atoms with van der Waals surface area (Å²) in [5, 5.41) is 15.8. The van der Waals surface area contributed by atoms with E-state index < -0.39 is 52.2 Å². The van der Waals surface area contributed by atoms with Crippen LogP contribution < -0.4 is 27.8 Å². The molecule has 0 fully saturated rings. The Balaban J connectivity index is 1.66. The van der Waals surface area contributed by atoms with Gasteiger partial charge >= 0.3 is 5.97 Å². The molecule has 2 amide bonds. The third kappa shape index (κ3) is 9.19. The van der Waals surface area contributed by atoms with Gasteiger partial charge in [0.2, 0.25) is 15.7 Å². The quantitative estimate of drug-likeness (QED) is 0.117. The number of carbonyl (C=O) groups is 4. The van der Waals surface area contributed by atoms with Gasteiger partial charge < -0.3 is 32.9 Å². The van der Waals surface area contributed by atoms with Crippen LogP contribution in [0.4, 0.5) is 5.69 Å². The summed E-state index contributed by atoms with van der Waals surface area (Å²) in [5.41, 5.74) is 18.3. The summed E-state index contributed by atoms with van der Waals surface area (Å²) in [6, 6.07) is 14.4. The number of hydrogen-bond donors (Lipinski definition) is 6. The second-order valence-corrected chi connectivity index (χ2v) is 13.0. The number of carboxylic acids is 1. The van der Waals surface area contributed by atoms with E-state index in [-0.39, 0.29) is 39.0 Å². The number of nitrogens with one attached hydrogen (secondary N) is 2. The maximum Gasteiger partial charge on any atom is 0.328 e. The van der Waals surface area contributed by atoms with Crippen molar-refractivity contribution in [2.24, 2.45) is 17.4 Å². The van der Waals surface area contributed by atoms with Crippen molar-refractivity contribution in [3.8, 4) is 0 Å². The highest BCUT2D eigenvalue weighted by atomic mass is 32.2. The van der Waals surface area contributed by atoms with Crippen LogP contribution in [-0.4, -0.2) is 62.3 Å². The SMILES string of the molecule is NCCCC[C@H](CC(=O)[C@@H](N)Cc1ccccc1)C(=O)N[C@@H](CNC(=O)c1scc(S(=O)(=O)c2ccccc2)c1N)C(=O)O. The molecule has 0 aliphatic carbocycles. The zero-order chi connectivity index (χ0) is 32.3. The summed E-state index contributed by atoms with van der Waals surface area (Å²) < 4.78 is 25.9. The first-order chi connectivity index (χ1) is 20.9. The van der Waals surface area contributed by atoms with Gasteiger partial charge in [-0.3, -0.25) is 14.4 Å². The number of ketones is 1. The maximum absolute atomic E-state index is 13.2. The van der Waals surface area contributed by atoms with Crippen LogP contribution >= 0.6 is 11.3 Å². The maximum atomic E-state index is 13.2. The van der Waals surface area contributed by atoms with Crippen molar-refractivity contribution in [3.05, 3.63) is 76.5 Å². The molecule has 3 aromatic rings. The summed E-state index contributed by atoms with van der Waals surface area (Å²) in [6.07, 6.45) is 1.54. The van der Waals surface area contributed by atoms with E-state index in [4.69, 9.17) is 17.2 Å². The van der Waals surface area contributed by atoms with Crippen LogP contribution in [0.5, 0.6) is 0 Å². The summed E-state index contributed by atoms with van der Waals surface area (Å²) in [4.78, 5) is 50.6. The molecule has 44 heavy (non-hydrogen) atoms. The van der Waals surface area contributed by atoms with E-state index in [1.165, 1.54) is 17.5 Å². The van der Waals surface area contributed by atoms with Gasteiger partial charge in [0.1, 0.15) is 15.8 Å². The summed E-state index contributed by atoms with van der Waals surface area (Å²) >= 11 is 0.795. The Kier molecular flexibility index (Phi) is 12.6. The highest BCUT2D eigenvalue weighted by molar-refractivity contribution is 7.91. The van der Waals surface area contributed by atoms with E-state index in [2.05, 4.69) is 10.6 Å². The molecule has 1 aromatic heterocycles. The molecule has 14 heteroatoms. The lowest BCUT2D eigenvalue weighted by atomic mass is 9.91. The van der Waals surface area contributed by atoms with Crippen LogP contribution in [0.2, 0.25) is 0 Å². The topological polar surface area (TPSA) is 225 Å². The van der Waals surface area contributed by atoms with Crippen molar-refractivity contribution in [1.29, 1.82) is 0 Å². The number of thiophene rings is 1. The molecule has 2 aromatic carbocycles. The number of amides is 2. The minimum Gasteiger partial charge on any atom is -0.480 e. The zero-order valence-electron chi connectivity index (χ0n) is 24.0. The molecule has 9 N–H and O–H groups in total. The number of benzene rings is 2. The molecule has 3 atom stereocenters. The Morgan fingerprint density at radius 3 is 2.20 bits per heavy atom. The number of hydrogen-bond acceptors (Lipinski definition) is 10. The van der Waals surface area contributed by atoms with Crippen LogP contribution in [0.25, 0.3) is 0 Å². The fourth-order valence-electron chi connectivity index (χ4n) is 4.46. The molecule has 0 unspecified atom stereocenters. The lowest BCUT2D eigenvalue weighted by molar-refractivity contribution is -0.142. The summed E-state index contributed by atoms with van der Waals surface area (Å²) in [6.45, 7) is -0.130. The predicted molar refractivity (Wildman–Crippen MR) is 167 cm³/mol. The average Bonchev–Trinajstić information content (AvgIpc) is 3.41. The Morgan fingerprint density at radius 2 is 1.59 bits per heavy atom. The smallest absolute Gasteiger partial charge is 0.328 e. The third-order valence-electron chi connectivity index (χ3n) is 6.96. The molecule has 0 bridgehead atoms. The van der Waals surface area contributed by atoms with E-state index in [9.17, 15) is 32.7 Å². The van der Waals surface area contributed by atoms with Gasteiger partial charge in [0, 0.05) is 24.3 Å². The van der Waals surface area contributed by atoms with Gasteiger partial charge in [0.25, 0.3) is 5.91 Å². The zero-order valence-corrected chi connectivity index (χ0v) is 25.6. The monoisotopic (exact) mass is 643 g/mol. The van der Waals surface area contributed by atoms with Crippen LogP contribution in [0.15, 0.2) is 75.8 Å². The van der Waals surface area contributed by atoms with Crippen LogP contribution in [0, 0.1) is 5.92 Å². The molecule has 0 aliphatic rings. The van der Waals surface area contributed by atoms with Crippen molar-refractivity contribution in [2.75, 3.05) is 18.8 Å². The number of aliphatic carboxylic acids is 1. The van der Waals surface area contributed by atoms with Crippen LogP contribution in [0.3, 0.4) is 0 Å². The molecule has 0 aliphatic heterocycles. The van der Waals surface area contributed by atoms with Gasteiger partial charge in [-0.05, 0) is 43.5 Å². The van der Waals surface area contributed by atoms with Crippen molar-refractivity contribution in [3.63, 3.8) is 0 Å². The highest BCUT2D eigenvalue weighted by Crippen LogP contribution is 2.33. The Bertz CT molecular complexity index is 1550. The standard InChI is InChI=1S/C30H37N5O7S2/c31-14-8-7-11-20(16-24(36)22(32)15-19-9-3-1-4-10-19)28(37)35-23(30(39)40)17-34-29(38)27-26(33)25(18-43-27)44(41,42)21-12-5-2-6-13-21/h1-6,9-10,12-13,18,20,22-23H,7-8,11,14-17,31-33H2,(H,34,38)(H,35,37)(H,39,40)/t20-,22+,23+/m1/s1. The second kappa shape index (κ2) is 16.1. The highest BCUT2D eigenvalue weighted by Gasteiger charge is 2.30. The second-order valence-electron chi connectivity index (χ2n) is 10.2. The molecule has 12 nitrogen and oxygen atoms in total. The van der Waals surface area contributed by atoms with E-state index in [1.807, 2.05) is 30.3 Å². The number of sulfone groups is 1. The largest absolute Gasteiger partial charge is 0.480 e. The first kappa shape index (κ1) is 34.4. The van der Waals surface area contributed by atoms with Gasteiger partial charge in [-0.1, -0.05) is 55.0 Å². The number of Topliss-reactive ketones (excluding diaryl/α,β-unsaturated/α-hetero) is 1. The molecule has 0 saturated heterocycles. The van der Waals surface area contributed by atoms with Crippen LogP contribution in [-0.2, 0) is 30.6 Å². The first-order valence-corrected chi connectivity index (χ1v) is 16.3. The van der Waals surface area contributed by atoms with E-state index >= 15 is 0 Å². The number of carbonyl (C=O) groups excluding carboxylic acids is 3. The number of carboxylic acid groups (broad SMARTS) is 1. The van der Waals surface area contributed by atoms with E-state index in [0.29, 0.717) is 25.8 Å². The molecule has 3 rings (SSSR count). The van der Waals surface area contributed by atoms with Crippen molar-refractivity contribution < 1.29 is 32.7 Å². The lowest BCUT2D eigenvalue weighted by Crippen LogP contribution is -2.50. The van der Waals surface area contributed by atoms with Crippen molar-refractivity contribution in [2.45, 2.75) is 54.0 Å². The van der Waals surface area contributed by atoms with E-state index in [0.717, 1.165) is 16.9 Å². The molecule has 236 valence electrons. The Morgan fingerprint density at radius 1 is 0.955 bits per heavy atom. The number of rotatable bonds is 17. The predicted octanol–water partition coefficient (Wildman–Crippen LogP) is 1.74. The molecule has 0 radical (unpaired) electrons. The number of anilines is 1. The Hall–Kier alpha value is -4.11. The van der Waals surface area contributed by atoms with Crippen LogP contribution in [0.1, 0.15) is 40.9 Å². The third-order valence-corrected chi connectivity index (χ3v) is 9.91. The van der Waals surface area contributed by atoms with Crippen molar-refractivity contribution in [1.82, 2.24) is 10.6 Å². The van der Waals surface area contributed by atoms with Gasteiger partial charge in [-0.2, -0.15) is 0 Å². The fraction of sp³-hybridized carbons (Fsp3) is 0.333. The van der Waals surface area contributed by atoms with Crippen molar-refractivity contribution >= 4 is 50.4 Å². The Labute approximate surface area is 259 Å². The fourth-order valence-corrected chi connectivity index (χ4v) is 7.11. The minimum absolute atomic E-state index is 0.00522. The number of nitrogens with two attached hydrogens (primary N) is 3. The van der Waals surface area contributed by atoms with E-state index in [1.54, 1.807) is 18.2 Å². The number of nitrogen functional groups attached to an aromatic ring is 1. The molecule has 0 saturated carbocycles. The lowest BCUT2D eigenvalue weighted by Gasteiger charge is -2.21. The number of unbranched alkanes of at least 4 members (excludes halogenated alkanes) is 1. The summed E-state index contributed by atoms with van der Waals surface area (Å²) in [7, 11) is -3.99. The van der Waals surface area contributed by atoms with Gasteiger partial charge in [-0.15, -0.1) is 11.3 Å². The molecular formula is C30H37N5O7S2.